The molecule has 1 aliphatic rings. The van der Waals surface area contributed by atoms with Gasteiger partial charge in [0, 0.05) is 18.7 Å². The molecule has 1 fully saturated rings. The molecule has 0 radical (unpaired) electrons. The average molecular weight is 257 g/mol. The van der Waals surface area contributed by atoms with Crippen molar-refractivity contribution in [2.45, 2.75) is 26.2 Å². The molecule has 3 heteroatoms. The van der Waals surface area contributed by atoms with E-state index in [1.54, 1.807) is 0 Å². The van der Waals surface area contributed by atoms with Crippen LogP contribution in [0.1, 0.15) is 40.7 Å². The van der Waals surface area contributed by atoms with Crippen LogP contribution in [-0.2, 0) is 0 Å². The Morgan fingerprint density at radius 1 is 1.32 bits per heavy atom. The molecule has 0 unspecified atom stereocenters. The summed E-state index contributed by atoms with van der Waals surface area (Å²) in [7, 11) is 0. The Kier molecular flexibility index (Phi) is 4.59. The molecule has 1 aliphatic heterocycles. The van der Waals surface area contributed by atoms with Crippen molar-refractivity contribution in [2.75, 3.05) is 19.7 Å². The lowest BCUT2D eigenvalue weighted by Crippen LogP contribution is -2.36. The summed E-state index contributed by atoms with van der Waals surface area (Å²) in [5.41, 5.74) is 2.43. The molecule has 1 heterocycles. The molecule has 1 saturated heterocycles. The predicted molar refractivity (Wildman–Crippen MR) is 74.9 cm³/mol. The van der Waals surface area contributed by atoms with E-state index < -0.39 is 0 Å². The third-order valence-corrected chi connectivity index (χ3v) is 3.35. The van der Waals surface area contributed by atoms with Crippen LogP contribution in [0.2, 0.25) is 0 Å². The first-order chi connectivity index (χ1) is 9.22. The zero-order valence-electron chi connectivity index (χ0n) is 11.3. The Hall–Kier alpha value is -1.79. The fourth-order valence-electron chi connectivity index (χ4n) is 2.35. The van der Waals surface area contributed by atoms with Gasteiger partial charge in [0.05, 0.1) is 5.56 Å². The maximum absolute atomic E-state index is 12.5. The number of amides is 1. The number of aryl methyl sites for hydroxylation is 1. The highest BCUT2D eigenvalue weighted by Crippen LogP contribution is 2.17. The van der Waals surface area contributed by atoms with Crippen LogP contribution in [0, 0.1) is 18.8 Å². The van der Waals surface area contributed by atoms with E-state index in [4.69, 9.17) is 5.11 Å². The third kappa shape index (κ3) is 3.36. The highest BCUT2D eigenvalue weighted by Gasteiger charge is 2.20. The van der Waals surface area contributed by atoms with Gasteiger partial charge < -0.3 is 10.0 Å². The summed E-state index contributed by atoms with van der Waals surface area (Å²) in [6.45, 7) is 3.45. The Balaban J connectivity index is 2.29. The van der Waals surface area contributed by atoms with E-state index >= 15 is 0 Å². The lowest BCUT2D eigenvalue weighted by Gasteiger charge is -2.27. The fourth-order valence-corrected chi connectivity index (χ4v) is 2.35. The van der Waals surface area contributed by atoms with E-state index in [9.17, 15) is 4.79 Å². The molecule has 0 atom stereocenters. The smallest absolute Gasteiger partial charge is 0.255 e. The predicted octanol–water partition coefficient (Wildman–Crippen LogP) is 1.96. The molecule has 1 aromatic carbocycles. The number of aliphatic hydroxyl groups excluding tert-OH is 1. The maximum atomic E-state index is 12.5. The molecule has 2 rings (SSSR count). The first-order valence-corrected chi connectivity index (χ1v) is 6.72. The molecule has 0 bridgehead atoms. The summed E-state index contributed by atoms with van der Waals surface area (Å²) in [5.74, 6) is 5.56. The van der Waals surface area contributed by atoms with Crippen molar-refractivity contribution >= 4 is 5.91 Å². The minimum absolute atomic E-state index is 0.0574. The van der Waals surface area contributed by atoms with Crippen molar-refractivity contribution in [3.05, 3.63) is 34.9 Å². The van der Waals surface area contributed by atoms with Gasteiger partial charge in [0.25, 0.3) is 5.91 Å². The largest absolute Gasteiger partial charge is 0.384 e. The van der Waals surface area contributed by atoms with Crippen LogP contribution in [0.4, 0.5) is 0 Å². The zero-order chi connectivity index (χ0) is 13.7. The SMILES string of the molecule is Cc1ccc(C(=O)N2CCCCC2)c(C#CCO)c1. The number of likely N-dealkylation sites (tertiary alicyclic amines) is 1. The normalized spacial score (nSPS) is 14.7. The summed E-state index contributed by atoms with van der Waals surface area (Å²) >= 11 is 0. The fraction of sp³-hybridized carbons (Fsp3) is 0.438. The van der Waals surface area contributed by atoms with Gasteiger partial charge in [-0.2, -0.15) is 0 Å². The van der Waals surface area contributed by atoms with Crippen LogP contribution < -0.4 is 0 Å². The minimum Gasteiger partial charge on any atom is -0.384 e. The van der Waals surface area contributed by atoms with E-state index in [0.29, 0.717) is 11.1 Å². The third-order valence-electron chi connectivity index (χ3n) is 3.35. The monoisotopic (exact) mass is 257 g/mol. The van der Waals surface area contributed by atoms with Crippen molar-refractivity contribution in [3.63, 3.8) is 0 Å². The van der Waals surface area contributed by atoms with Gasteiger partial charge in [-0.3, -0.25) is 4.79 Å². The van der Waals surface area contributed by atoms with Gasteiger partial charge in [-0.05, 0) is 43.9 Å². The van der Waals surface area contributed by atoms with E-state index in [1.165, 1.54) is 6.42 Å². The standard InChI is InChI=1S/C16H19NO2/c1-13-7-8-15(14(12-13)6-5-11-18)16(19)17-9-3-2-4-10-17/h7-8,12,18H,2-4,9-11H2,1H3. The van der Waals surface area contributed by atoms with Gasteiger partial charge in [0.2, 0.25) is 0 Å². The number of rotatable bonds is 1. The van der Waals surface area contributed by atoms with Gasteiger partial charge in [0.1, 0.15) is 6.61 Å². The van der Waals surface area contributed by atoms with Gasteiger partial charge in [0.15, 0.2) is 0 Å². The molecule has 19 heavy (non-hydrogen) atoms. The summed E-state index contributed by atoms with van der Waals surface area (Å²) in [6.07, 6.45) is 3.36. The Morgan fingerprint density at radius 2 is 2.05 bits per heavy atom. The molecular formula is C16H19NO2. The van der Waals surface area contributed by atoms with Gasteiger partial charge in [-0.15, -0.1) is 0 Å². The molecule has 0 spiro atoms. The number of piperidine rings is 1. The number of hydrogen-bond donors (Lipinski definition) is 1. The van der Waals surface area contributed by atoms with Gasteiger partial charge in [-0.25, -0.2) is 0 Å². The van der Waals surface area contributed by atoms with Gasteiger partial charge in [-0.1, -0.05) is 17.9 Å². The number of nitrogens with zero attached hydrogens (tertiary/aromatic N) is 1. The van der Waals surface area contributed by atoms with E-state index in [2.05, 4.69) is 11.8 Å². The number of aliphatic hydroxyl groups is 1. The number of carbonyl (C=O) groups excluding carboxylic acids is 1. The molecule has 1 aromatic rings. The van der Waals surface area contributed by atoms with E-state index in [1.807, 2.05) is 30.0 Å². The molecular weight excluding hydrogens is 238 g/mol. The summed E-state index contributed by atoms with van der Waals surface area (Å²) in [6, 6.07) is 5.68. The summed E-state index contributed by atoms with van der Waals surface area (Å²) < 4.78 is 0. The van der Waals surface area contributed by atoms with E-state index in [0.717, 1.165) is 31.5 Å². The van der Waals surface area contributed by atoms with Crippen LogP contribution in [0.3, 0.4) is 0 Å². The summed E-state index contributed by atoms with van der Waals surface area (Å²) in [5, 5.41) is 8.81. The molecule has 0 aromatic heterocycles. The molecule has 0 saturated carbocycles. The molecule has 1 amide bonds. The second-order valence-corrected chi connectivity index (χ2v) is 4.86. The quantitative estimate of drug-likeness (QED) is 0.781. The number of hydrogen-bond acceptors (Lipinski definition) is 2. The lowest BCUT2D eigenvalue weighted by atomic mass is 10.0. The first-order valence-electron chi connectivity index (χ1n) is 6.72. The Bertz CT molecular complexity index is 519. The second kappa shape index (κ2) is 6.40. The van der Waals surface area contributed by atoms with Crippen LogP contribution in [-0.4, -0.2) is 35.6 Å². The van der Waals surface area contributed by atoms with Crippen molar-refractivity contribution in [1.29, 1.82) is 0 Å². The lowest BCUT2D eigenvalue weighted by molar-refractivity contribution is 0.0724. The minimum atomic E-state index is -0.189. The molecule has 1 N–H and O–H groups in total. The Labute approximate surface area is 114 Å². The number of benzene rings is 1. The molecule has 0 aliphatic carbocycles. The average Bonchev–Trinajstić information content (AvgIpc) is 2.45. The van der Waals surface area contributed by atoms with Crippen molar-refractivity contribution in [1.82, 2.24) is 4.90 Å². The number of carbonyl (C=O) groups is 1. The van der Waals surface area contributed by atoms with Crippen molar-refractivity contribution in [3.8, 4) is 11.8 Å². The highest BCUT2D eigenvalue weighted by molar-refractivity contribution is 5.96. The zero-order valence-corrected chi connectivity index (χ0v) is 11.3. The van der Waals surface area contributed by atoms with Crippen LogP contribution in [0.15, 0.2) is 18.2 Å². The van der Waals surface area contributed by atoms with Gasteiger partial charge >= 0.3 is 0 Å². The van der Waals surface area contributed by atoms with Crippen molar-refractivity contribution in [2.24, 2.45) is 0 Å². The summed E-state index contributed by atoms with van der Waals surface area (Å²) in [4.78, 5) is 14.4. The van der Waals surface area contributed by atoms with Crippen LogP contribution in [0.5, 0.6) is 0 Å². The second-order valence-electron chi connectivity index (χ2n) is 4.86. The highest BCUT2D eigenvalue weighted by atomic mass is 16.2. The topological polar surface area (TPSA) is 40.5 Å². The van der Waals surface area contributed by atoms with Crippen LogP contribution in [0.25, 0.3) is 0 Å². The van der Waals surface area contributed by atoms with Crippen LogP contribution >= 0.6 is 0 Å². The first kappa shape index (κ1) is 13.6. The van der Waals surface area contributed by atoms with E-state index in [-0.39, 0.29) is 12.5 Å². The molecule has 3 nitrogen and oxygen atoms in total. The maximum Gasteiger partial charge on any atom is 0.255 e. The Morgan fingerprint density at radius 3 is 2.74 bits per heavy atom. The van der Waals surface area contributed by atoms with Crippen molar-refractivity contribution < 1.29 is 9.90 Å². The molecule has 100 valence electrons.